The second kappa shape index (κ2) is 10.7. The molecule has 41 heavy (non-hydrogen) atoms. The molecule has 9 heteroatoms. The summed E-state index contributed by atoms with van der Waals surface area (Å²) in [6.45, 7) is 0. The summed E-state index contributed by atoms with van der Waals surface area (Å²) in [7, 11) is 0. The highest BCUT2D eigenvalue weighted by molar-refractivity contribution is 6.50. The van der Waals surface area contributed by atoms with Crippen molar-refractivity contribution in [2.24, 2.45) is 10.2 Å². The number of ketones is 2. The highest BCUT2D eigenvalue weighted by Crippen LogP contribution is 2.35. The van der Waals surface area contributed by atoms with Gasteiger partial charge >= 0.3 is 0 Å². The highest BCUT2D eigenvalue weighted by Gasteiger charge is 2.48. The molecule has 2 aliphatic rings. The van der Waals surface area contributed by atoms with Gasteiger partial charge in [0.2, 0.25) is 24.0 Å². The standard InChI is InChI=1S/C32H20N6O3/c33-19-23-15-7-9-17-25(23)37-31-27(29(39)21-11-3-1-4-12-21)35-38(26-18-10-8-16-24(26)20-34)32(41-31)28(36-37)30(40)22-13-5-2-6-14-22/h1-18,31-32H/t31-,32-/m0/s1. The number of para-hydroxylation sites is 2. The summed E-state index contributed by atoms with van der Waals surface area (Å²) in [6, 6.07) is 34.9. The van der Waals surface area contributed by atoms with Gasteiger partial charge in [-0.05, 0) is 24.3 Å². The number of carbonyl (C=O) groups excluding carboxylic acids is 2. The fourth-order valence-electron chi connectivity index (χ4n) is 4.72. The van der Waals surface area contributed by atoms with Crippen LogP contribution >= 0.6 is 0 Å². The number of hydrogen-bond donors (Lipinski definition) is 0. The predicted octanol–water partition coefficient (Wildman–Crippen LogP) is 4.92. The Hall–Kier alpha value is -5.90. The molecule has 0 amide bonds. The van der Waals surface area contributed by atoms with E-state index in [1.165, 1.54) is 10.0 Å². The Morgan fingerprint density at radius 1 is 0.585 bits per heavy atom. The monoisotopic (exact) mass is 536 g/mol. The lowest BCUT2D eigenvalue weighted by Gasteiger charge is -2.44. The minimum atomic E-state index is -1.17. The van der Waals surface area contributed by atoms with Crippen molar-refractivity contribution in [3.8, 4) is 12.1 Å². The summed E-state index contributed by atoms with van der Waals surface area (Å²) in [5, 5.41) is 31.9. The first-order chi connectivity index (χ1) is 20.1. The van der Waals surface area contributed by atoms with E-state index >= 15 is 0 Å². The lowest BCUT2D eigenvalue weighted by molar-refractivity contribution is 0.0369. The van der Waals surface area contributed by atoms with Crippen molar-refractivity contribution in [1.29, 1.82) is 10.5 Å². The number of fused-ring (bicyclic) bond motifs is 2. The van der Waals surface area contributed by atoms with E-state index in [1.54, 1.807) is 109 Å². The van der Waals surface area contributed by atoms with Gasteiger partial charge in [0.15, 0.2) is 11.4 Å². The molecule has 2 heterocycles. The molecule has 0 spiro atoms. The summed E-state index contributed by atoms with van der Waals surface area (Å²) in [5.41, 5.74) is 1.91. The third-order valence-electron chi connectivity index (χ3n) is 6.68. The number of hydrogen-bond acceptors (Lipinski definition) is 9. The summed E-state index contributed by atoms with van der Waals surface area (Å²) in [5.74, 6) is -0.859. The number of benzene rings is 4. The van der Waals surface area contributed by atoms with Crippen LogP contribution in [0.4, 0.5) is 11.4 Å². The van der Waals surface area contributed by atoms with Crippen LogP contribution in [0.15, 0.2) is 119 Å². The Bertz CT molecular complexity index is 1670. The first-order valence-corrected chi connectivity index (χ1v) is 12.7. The van der Waals surface area contributed by atoms with Crippen molar-refractivity contribution in [3.05, 3.63) is 131 Å². The van der Waals surface area contributed by atoms with Crippen LogP contribution in [0.25, 0.3) is 0 Å². The Morgan fingerprint density at radius 3 is 1.34 bits per heavy atom. The van der Waals surface area contributed by atoms with Crippen molar-refractivity contribution in [3.63, 3.8) is 0 Å². The lowest BCUT2D eigenvalue weighted by atomic mass is 10.0. The molecule has 2 bridgehead atoms. The van der Waals surface area contributed by atoms with Gasteiger partial charge in [-0.1, -0.05) is 84.9 Å². The number of Topliss-reactive ketones (excluding diaryl/α,β-unsaturated/α-hetero) is 2. The predicted molar refractivity (Wildman–Crippen MR) is 152 cm³/mol. The number of rotatable bonds is 6. The molecule has 2 aliphatic heterocycles. The second-order valence-corrected chi connectivity index (χ2v) is 9.15. The third kappa shape index (κ3) is 4.53. The number of nitriles is 2. The fraction of sp³-hybridized carbons (Fsp3) is 0.0625. The zero-order valence-electron chi connectivity index (χ0n) is 21.5. The molecule has 2 atom stereocenters. The van der Waals surface area contributed by atoms with Crippen LogP contribution in [0, 0.1) is 22.7 Å². The van der Waals surface area contributed by atoms with Crippen LogP contribution in [0.5, 0.6) is 0 Å². The Morgan fingerprint density at radius 2 is 0.951 bits per heavy atom. The quantitative estimate of drug-likeness (QED) is 0.321. The molecule has 0 fully saturated rings. The number of hydrazone groups is 2. The van der Waals surface area contributed by atoms with E-state index in [2.05, 4.69) is 12.1 Å². The van der Waals surface area contributed by atoms with E-state index < -0.39 is 24.0 Å². The van der Waals surface area contributed by atoms with Gasteiger partial charge < -0.3 is 4.74 Å². The van der Waals surface area contributed by atoms with Crippen molar-refractivity contribution in [1.82, 2.24) is 0 Å². The molecule has 0 unspecified atom stereocenters. The first kappa shape index (κ1) is 25.4. The molecule has 9 nitrogen and oxygen atoms in total. The van der Waals surface area contributed by atoms with Crippen LogP contribution in [-0.2, 0) is 4.74 Å². The minimum absolute atomic E-state index is 0.0251. The average molecular weight is 537 g/mol. The maximum absolute atomic E-state index is 13.9. The number of carbonyl (C=O) groups is 2. The molecular formula is C32H20N6O3. The van der Waals surface area contributed by atoms with Crippen LogP contribution in [0.1, 0.15) is 31.8 Å². The van der Waals surface area contributed by atoms with Crippen molar-refractivity contribution >= 4 is 34.4 Å². The smallest absolute Gasteiger partial charge is 0.213 e. The van der Waals surface area contributed by atoms with Crippen molar-refractivity contribution in [2.75, 3.05) is 10.0 Å². The topological polar surface area (TPSA) is 122 Å². The first-order valence-electron chi connectivity index (χ1n) is 12.7. The average Bonchev–Trinajstić information content (AvgIpc) is 3.05. The van der Waals surface area contributed by atoms with Gasteiger partial charge in [-0.15, -0.1) is 0 Å². The molecule has 0 saturated heterocycles. The summed E-state index contributed by atoms with van der Waals surface area (Å²) < 4.78 is 6.50. The molecule has 4 aromatic rings. The van der Waals surface area contributed by atoms with Crippen LogP contribution in [0.3, 0.4) is 0 Å². The van der Waals surface area contributed by atoms with E-state index in [9.17, 15) is 20.1 Å². The second-order valence-electron chi connectivity index (χ2n) is 9.15. The van der Waals surface area contributed by atoms with E-state index in [0.717, 1.165) is 0 Å². The van der Waals surface area contributed by atoms with E-state index in [0.29, 0.717) is 22.5 Å². The zero-order valence-corrected chi connectivity index (χ0v) is 21.5. The molecule has 6 rings (SSSR count). The molecule has 0 aliphatic carbocycles. The van der Waals surface area contributed by atoms with Gasteiger partial charge in [-0.2, -0.15) is 20.7 Å². The molecule has 0 saturated carbocycles. The number of nitrogens with zero attached hydrogens (tertiary/aromatic N) is 6. The fourth-order valence-corrected chi connectivity index (χ4v) is 4.72. The SMILES string of the molecule is N#Cc1ccccc1N1N=C(C(=O)c2ccccc2)[C@@H]2O[C@H]1C(C(=O)c1ccccc1)=NN2c1ccccc1C#N. The molecular weight excluding hydrogens is 516 g/mol. The van der Waals surface area contributed by atoms with Gasteiger partial charge in [-0.3, -0.25) is 9.59 Å². The summed E-state index contributed by atoms with van der Waals surface area (Å²) >= 11 is 0. The van der Waals surface area contributed by atoms with E-state index in [1.807, 2.05) is 0 Å². The van der Waals surface area contributed by atoms with Crippen molar-refractivity contribution in [2.45, 2.75) is 12.5 Å². The summed E-state index contributed by atoms with van der Waals surface area (Å²) in [4.78, 5) is 27.8. The maximum atomic E-state index is 13.9. The molecule has 0 N–H and O–H groups in total. The Balaban J connectivity index is 1.59. The van der Waals surface area contributed by atoms with E-state index in [-0.39, 0.29) is 22.6 Å². The van der Waals surface area contributed by atoms with Gasteiger partial charge in [0.05, 0.1) is 22.5 Å². The van der Waals surface area contributed by atoms with Crippen molar-refractivity contribution < 1.29 is 14.3 Å². The van der Waals surface area contributed by atoms with Crippen LogP contribution in [-0.4, -0.2) is 35.4 Å². The van der Waals surface area contributed by atoms with Crippen LogP contribution < -0.4 is 10.0 Å². The van der Waals surface area contributed by atoms with E-state index in [4.69, 9.17) is 14.9 Å². The minimum Gasteiger partial charge on any atom is -0.319 e. The lowest BCUT2D eigenvalue weighted by Crippen LogP contribution is -2.61. The summed E-state index contributed by atoms with van der Waals surface area (Å²) in [6.07, 6.45) is -2.33. The van der Waals surface area contributed by atoms with Gasteiger partial charge in [0, 0.05) is 11.1 Å². The Kier molecular flexibility index (Phi) is 6.62. The molecule has 0 aromatic heterocycles. The van der Waals surface area contributed by atoms with Gasteiger partial charge in [0.1, 0.15) is 12.1 Å². The third-order valence-corrected chi connectivity index (χ3v) is 6.68. The number of ether oxygens (including phenoxy) is 1. The largest absolute Gasteiger partial charge is 0.319 e. The molecule has 196 valence electrons. The molecule has 0 radical (unpaired) electrons. The maximum Gasteiger partial charge on any atom is 0.213 e. The molecule has 4 aromatic carbocycles. The Labute approximate surface area is 235 Å². The normalized spacial score (nSPS) is 17.5. The van der Waals surface area contributed by atoms with Gasteiger partial charge in [-0.25, -0.2) is 10.0 Å². The van der Waals surface area contributed by atoms with Crippen LogP contribution in [0.2, 0.25) is 0 Å². The highest BCUT2D eigenvalue weighted by atomic mass is 16.5. The zero-order chi connectivity index (χ0) is 28.3. The number of anilines is 2. The van der Waals surface area contributed by atoms with Gasteiger partial charge in [0.25, 0.3) is 0 Å².